The summed E-state index contributed by atoms with van der Waals surface area (Å²) in [5.41, 5.74) is 1.35. The summed E-state index contributed by atoms with van der Waals surface area (Å²) in [6, 6.07) is 25.3. The lowest BCUT2D eigenvalue weighted by Gasteiger charge is -2.13. The second-order valence-corrected chi connectivity index (χ2v) is 9.56. The molecule has 0 radical (unpaired) electrons. The average Bonchev–Trinajstić information content (AvgIpc) is 3.06. The Bertz CT molecular complexity index is 1390. The number of hydrogen-bond acceptors (Lipinski definition) is 4. The number of fused-ring (bicyclic) bond motifs is 2. The van der Waals surface area contributed by atoms with Crippen molar-refractivity contribution in [2.75, 3.05) is 0 Å². The molecular weight excluding hydrogens is 490 g/mol. The van der Waals surface area contributed by atoms with E-state index in [0.29, 0.717) is 14.9 Å². The summed E-state index contributed by atoms with van der Waals surface area (Å²) in [4.78, 5) is 27.8. The fourth-order valence-corrected chi connectivity index (χ4v) is 5.42. The molecule has 4 aromatic rings. The summed E-state index contributed by atoms with van der Waals surface area (Å²) in [5, 5.41) is 4.27. The Labute approximate surface area is 196 Å². The Morgan fingerprint density at radius 1 is 0.903 bits per heavy atom. The van der Waals surface area contributed by atoms with Crippen LogP contribution in [-0.4, -0.2) is 21.0 Å². The molecule has 0 saturated carbocycles. The molecule has 0 aliphatic carbocycles. The number of amides is 2. The number of carbonyl (C=O) groups excluding carboxylic acids is 2. The van der Waals surface area contributed by atoms with Crippen LogP contribution in [0.2, 0.25) is 0 Å². The maximum atomic E-state index is 13.2. The quantitative estimate of drug-likeness (QED) is 0.130. The molecule has 1 fully saturated rings. The molecule has 0 N–H and O–H groups in total. The molecule has 0 atom stereocenters. The van der Waals surface area contributed by atoms with E-state index in [2.05, 4.69) is 34.1 Å². The first-order valence-corrected chi connectivity index (χ1v) is 11.5. The van der Waals surface area contributed by atoms with Crippen molar-refractivity contribution in [3.63, 3.8) is 0 Å². The third-order valence-electron chi connectivity index (χ3n) is 5.19. The Balaban J connectivity index is 1.63. The monoisotopic (exact) mass is 503 g/mol. The summed E-state index contributed by atoms with van der Waals surface area (Å²) in [7, 11) is 0. The van der Waals surface area contributed by atoms with Crippen LogP contribution in [-0.2, 0) is 4.79 Å². The van der Waals surface area contributed by atoms with Gasteiger partial charge in [-0.15, -0.1) is 0 Å². The van der Waals surface area contributed by atoms with Crippen LogP contribution in [0.5, 0.6) is 0 Å². The fourth-order valence-electron chi connectivity index (χ4n) is 3.73. The first-order chi connectivity index (χ1) is 15.0. The predicted octanol–water partition coefficient (Wildman–Crippen LogP) is 6.80. The second-order valence-electron chi connectivity index (χ2n) is 7.03. The van der Waals surface area contributed by atoms with E-state index in [-0.39, 0.29) is 4.32 Å². The van der Waals surface area contributed by atoms with Crippen molar-refractivity contribution < 1.29 is 9.59 Å². The molecule has 6 heteroatoms. The van der Waals surface area contributed by atoms with Crippen LogP contribution in [0.15, 0.2) is 88.2 Å². The van der Waals surface area contributed by atoms with Crippen LogP contribution in [0, 0.1) is 0 Å². The zero-order chi connectivity index (χ0) is 21.5. The zero-order valence-electron chi connectivity index (χ0n) is 16.0. The van der Waals surface area contributed by atoms with Crippen LogP contribution in [0.4, 0.5) is 0 Å². The van der Waals surface area contributed by atoms with Crippen molar-refractivity contribution in [2.45, 2.75) is 0 Å². The highest BCUT2D eigenvalue weighted by Crippen LogP contribution is 2.37. The van der Waals surface area contributed by atoms with Gasteiger partial charge >= 0.3 is 0 Å². The molecular formula is C25H14BrNO2S2. The van der Waals surface area contributed by atoms with E-state index in [1.54, 1.807) is 18.2 Å². The molecule has 2 amide bonds. The molecule has 1 aliphatic heterocycles. The number of carbonyl (C=O) groups is 2. The summed E-state index contributed by atoms with van der Waals surface area (Å²) in [5.74, 6) is -0.825. The number of nitrogens with zero attached hydrogens (tertiary/aromatic N) is 1. The van der Waals surface area contributed by atoms with E-state index in [1.165, 1.54) is 0 Å². The van der Waals surface area contributed by atoms with Gasteiger partial charge in [-0.3, -0.25) is 9.59 Å². The highest BCUT2D eigenvalue weighted by Gasteiger charge is 2.38. The smallest absolute Gasteiger partial charge is 0.268 e. The topological polar surface area (TPSA) is 37.4 Å². The maximum absolute atomic E-state index is 13.2. The Morgan fingerprint density at radius 2 is 1.48 bits per heavy atom. The SMILES string of the molecule is O=C1/C(=C/c2c3ccccc3cc3ccccc23)SC(=S)N1C(=O)c1ccccc1Br. The van der Waals surface area contributed by atoms with Crippen molar-refractivity contribution in [2.24, 2.45) is 0 Å². The van der Waals surface area contributed by atoms with Gasteiger partial charge in [-0.05, 0) is 67.3 Å². The largest absolute Gasteiger partial charge is 0.273 e. The predicted molar refractivity (Wildman–Crippen MR) is 135 cm³/mol. The van der Waals surface area contributed by atoms with Gasteiger partial charge in [0.05, 0.1) is 10.5 Å². The Hall–Kier alpha value is -2.80. The molecule has 4 aromatic carbocycles. The van der Waals surface area contributed by atoms with Crippen LogP contribution in [0.3, 0.4) is 0 Å². The van der Waals surface area contributed by atoms with Crippen LogP contribution in [0.1, 0.15) is 15.9 Å². The number of halogens is 1. The Morgan fingerprint density at radius 3 is 2.13 bits per heavy atom. The Kier molecular flexibility index (Phi) is 5.22. The lowest BCUT2D eigenvalue weighted by Crippen LogP contribution is -2.34. The van der Waals surface area contributed by atoms with Crippen molar-refractivity contribution >= 4 is 83.7 Å². The van der Waals surface area contributed by atoms with Gasteiger partial charge in [-0.25, -0.2) is 4.90 Å². The minimum atomic E-state index is -0.429. The number of imide groups is 1. The lowest BCUT2D eigenvalue weighted by atomic mass is 9.96. The van der Waals surface area contributed by atoms with Crippen LogP contribution >= 0.6 is 39.9 Å². The van der Waals surface area contributed by atoms with Crippen molar-refractivity contribution in [1.82, 2.24) is 4.90 Å². The molecule has 3 nitrogen and oxygen atoms in total. The summed E-state index contributed by atoms with van der Waals surface area (Å²) >= 11 is 9.95. The fraction of sp³-hybridized carbons (Fsp3) is 0. The summed E-state index contributed by atoms with van der Waals surface area (Å²) in [6.45, 7) is 0. The molecule has 1 aliphatic rings. The summed E-state index contributed by atoms with van der Waals surface area (Å²) in [6.07, 6.45) is 1.86. The minimum absolute atomic E-state index is 0.238. The van der Waals surface area contributed by atoms with Gasteiger partial charge in [0.25, 0.3) is 11.8 Å². The average molecular weight is 504 g/mol. The molecule has 0 spiro atoms. The van der Waals surface area contributed by atoms with Gasteiger partial charge in [0.2, 0.25) is 0 Å². The van der Waals surface area contributed by atoms with Crippen molar-refractivity contribution in [1.29, 1.82) is 0 Å². The molecule has 150 valence electrons. The number of rotatable bonds is 2. The first-order valence-electron chi connectivity index (χ1n) is 9.52. The maximum Gasteiger partial charge on any atom is 0.273 e. The highest BCUT2D eigenvalue weighted by atomic mass is 79.9. The van der Waals surface area contributed by atoms with Crippen LogP contribution in [0.25, 0.3) is 27.6 Å². The van der Waals surface area contributed by atoms with Crippen LogP contribution < -0.4 is 0 Å². The van der Waals surface area contributed by atoms with Gasteiger partial charge in [-0.1, -0.05) is 84.6 Å². The van der Waals surface area contributed by atoms with E-state index < -0.39 is 11.8 Å². The van der Waals surface area contributed by atoms with Gasteiger partial charge in [0.15, 0.2) is 4.32 Å². The van der Waals surface area contributed by atoms with Gasteiger partial charge in [-0.2, -0.15) is 0 Å². The van der Waals surface area contributed by atoms with Gasteiger partial charge in [0, 0.05) is 4.47 Å². The standard InChI is InChI=1S/C25H14BrNO2S2/c26-21-12-6-5-11-19(21)23(28)27-24(29)22(31-25(27)30)14-20-17-9-3-1-7-15(17)13-16-8-2-4-10-18(16)20/h1-14H/b22-14-. The number of thioether (sulfide) groups is 1. The van der Waals surface area contributed by atoms with E-state index in [9.17, 15) is 9.59 Å². The molecule has 0 aromatic heterocycles. The molecule has 1 heterocycles. The first kappa shape index (κ1) is 20.1. The van der Waals surface area contributed by atoms with E-state index >= 15 is 0 Å². The van der Waals surface area contributed by atoms with E-state index in [1.807, 2.05) is 48.5 Å². The molecule has 1 saturated heterocycles. The minimum Gasteiger partial charge on any atom is -0.268 e. The number of thiocarbonyl (C=S) groups is 1. The van der Waals surface area contributed by atoms with E-state index in [0.717, 1.165) is 43.8 Å². The van der Waals surface area contributed by atoms with Crippen molar-refractivity contribution in [3.05, 3.63) is 99.4 Å². The third kappa shape index (κ3) is 3.51. The molecule has 0 bridgehead atoms. The van der Waals surface area contributed by atoms with Gasteiger partial charge < -0.3 is 0 Å². The van der Waals surface area contributed by atoms with Crippen molar-refractivity contribution in [3.8, 4) is 0 Å². The highest BCUT2D eigenvalue weighted by molar-refractivity contribution is 9.10. The normalized spacial score (nSPS) is 15.4. The molecule has 5 rings (SSSR count). The molecule has 0 unspecified atom stereocenters. The number of benzene rings is 4. The zero-order valence-corrected chi connectivity index (χ0v) is 19.3. The third-order valence-corrected chi connectivity index (χ3v) is 7.18. The molecule has 31 heavy (non-hydrogen) atoms. The lowest BCUT2D eigenvalue weighted by molar-refractivity contribution is -0.120. The summed E-state index contributed by atoms with van der Waals surface area (Å²) < 4.78 is 0.861. The van der Waals surface area contributed by atoms with Gasteiger partial charge in [0.1, 0.15) is 0 Å². The van der Waals surface area contributed by atoms with E-state index in [4.69, 9.17) is 12.2 Å². The number of hydrogen-bond donors (Lipinski definition) is 0. The second kappa shape index (κ2) is 8.04.